The summed E-state index contributed by atoms with van der Waals surface area (Å²) in [5.74, 6) is 1.88. The van der Waals surface area contributed by atoms with Crippen LogP contribution in [0.2, 0.25) is 0 Å². The summed E-state index contributed by atoms with van der Waals surface area (Å²) in [6, 6.07) is 0.408. The van der Waals surface area contributed by atoms with Crippen molar-refractivity contribution in [2.75, 3.05) is 0 Å². The molecule has 0 saturated heterocycles. The number of amides is 2. The molecule has 7 heteroatoms. The van der Waals surface area contributed by atoms with Crippen LogP contribution in [0.4, 0.5) is 0 Å². The molecule has 1 rings (SSSR count). The standard InChI is InChI=1S/C18H35NO.C4H9NO.2C3H7O.Ti/c1-6-10-17(20)19-16-11-9-12-18(13-16,14(4)7-2)15(5)8-3;1-2-3-4(5)6;2*1-3(2)4;/h14-16H,6-13H2,1-5H3,(H,19,20);2-3H2,1H3,(H2,5,6);2*3H,1-2H3;/q;;2*-1;+3/p-1. The van der Waals surface area contributed by atoms with Gasteiger partial charge in [-0.2, -0.15) is 0 Å². The first kappa shape index (κ1) is 39.1. The van der Waals surface area contributed by atoms with Crippen molar-refractivity contribution in [2.45, 2.75) is 152 Å². The van der Waals surface area contributed by atoms with E-state index in [9.17, 15) is 19.8 Å². The van der Waals surface area contributed by atoms with E-state index in [1.807, 2.05) is 6.92 Å². The van der Waals surface area contributed by atoms with Gasteiger partial charge in [-0.05, 0) is 42.9 Å². The molecule has 0 aliphatic heterocycles. The van der Waals surface area contributed by atoms with Gasteiger partial charge in [0.05, 0.1) is 0 Å². The Labute approximate surface area is 229 Å². The molecular formula is C28H57N2O4Ti. The van der Waals surface area contributed by atoms with E-state index in [-0.39, 0.29) is 11.8 Å². The molecule has 3 unspecified atom stereocenters. The number of carbonyl (C=O) groups is 2. The molecule has 1 saturated carbocycles. The fourth-order valence-corrected chi connectivity index (χ4v) is 4.67. The Morgan fingerprint density at radius 2 is 1.26 bits per heavy atom. The Kier molecular flexibility index (Phi) is 26.7. The van der Waals surface area contributed by atoms with Gasteiger partial charge in [-0.25, -0.2) is 0 Å². The maximum absolute atomic E-state index is 11.9. The summed E-state index contributed by atoms with van der Waals surface area (Å²) in [7, 11) is 0. The first-order valence-corrected chi connectivity index (χ1v) is 14.6. The maximum atomic E-state index is 11.9. The molecule has 0 aromatic rings. The fourth-order valence-electron chi connectivity index (χ4n) is 4.47. The van der Waals surface area contributed by atoms with Gasteiger partial charge in [-0.15, -0.1) is 12.2 Å². The quantitative estimate of drug-likeness (QED) is 0.416. The number of hydrogen-bond acceptors (Lipinski definition) is 4. The number of carbonyl (C=O) groups excluding carboxylic acids is 2. The van der Waals surface area contributed by atoms with Crippen LogP contribution >= 0.6 is 0 Å². The molecule has 0 aromatic heterocycles. The summed E-state index contributed by atoms with van der Waals surface area (Å²) in [5.41, 5.74) is 0.436. The van der Waals surface area contributed by atoms with Crippen molar-refractivity contribution < 1.29 is 40.5 Å². The molecule has 1 fully saturated rings. The zero-order chi connectivity index (χ0) is 28.0. The third-order valence-electron chi connectivity index (χ3n) is 6.47. The zero-order valence-corrected chi connectivity index (χ0v) is 26.2. The molecular weight excluding hydrogens is 476 g/mol. The molecule has 0 heterocycles. The Morgan fingerprint density at radius 1 is 0.857 bits per heavy atom. The SMILES string of the molecule is CC(C)[O-].CC(C)[O-].CCCC(=O)NC1CCCC(C(C)CC)(C(C)CC)C1.CCCC(=O)[NH][Ti+2]. The van der Waals surface area contributed by atoms with E-state index >= 15 is 0 Å². The van der Waals surface area contributed by atoms with Crippen molar-refractivity contribution in [1.82, 2.24) is 9.12 Å². The van der Waals surface area contributed by atoms with E-state index in [0.29, 0.717) is 24.3 Å². The van der Waals surface area contributed by atoms with Gasteiger partial charge >= 0.3 is 55.0 Å². The topological polar surface area (TPSA) is 104 Å². The van der Waals surface area contributed by atoms with Gasteiger partial charge in [-0.1, -0.05) is 81.6 Å². The van der Waals surface area contributed by atoms with Crippen LogP contribution in [-0.2, 0) is 30.3 Å². The second-order valence-electron chi connectivity index (χ2n) is 10.4. The van der Waals surface area contributed by atoms with E-state index in [4.69, 9.17) is 0 Å². The number of nitrogens with one attached hydrogen (secondary N) is 2. The molecule has 1 aliphatic rings. The van der Waals surface area contributed by atoms with E-state index < -0.39 is 12.2 Å². The van der Waals surface area contributed by atoms with Crippen molar-refractivity contribution in [3.63, 3.8) is 0 Å². The van der Waals surface area contributed by atoms with Crippen molar-refractivity contribution in [3.05, 3.63) is 0 Å². The van der Waals surface area contributed by atoms with Crippen molar-refractivity contribution in [1.29, 1.82) is 0 Å². The zero-order valence-electron chi connectivity index (χ0n) is 24.6. The van der Waals surface area contributed by atoms with Crippen LogP contribution in [0.25, 0.3) is 0 Å². The molecule has 2 N–H and O–H groups in total. The first-order valence-electron chi connectivity index (χ1n) is 13.8. The van der Waals surface area contributed by atoms with Gasteiger partial charge in [0.25, 0.3) is 0 Å². The molecule has 0 bridgehead atoms. The predicted molar refractivity (Wildman–Crippen MR) is 140 cm³/mol. The van der Waals surface area contributed by atoms with Crippen molar-refractivity contribution in [2.24, 2.45) is 17.3 Å². The summed E-state index contributed by atoms with van der Waals surface area (Å²) in [5, 5.41) is 22.3. The summed E-state index contributed by atoms with van der Waals surface area (Å²) >= 11 is 1.65. The Bertz CT molecular complexity index is 494. The van der Waals surface area contributed by atoms with Crippen LogP contribution in [0, 0.1) is 17.3 Å². The minimum absolute atomic E-state index is 0.127. The van der Waals surface area contributed by atoms with E-state index in [1.165, 1.54) is 38.5 Å². The molecule has 0 radical (unpaired) electrons. The fraction of sp³-hybridized carbons (Fsp3) is 0.929. The average molecular weight is 534 g/mol. The van der Waals surface area contributed by atoms with Gasteiger partial charge in [0, 0.05) is 12.5 Å². The second kappa shape index (κ2) is 23.9. The monoisotopic (exact) mass is 533 g/mol. The van der Waals surface area contributed by atoms with Crippen LogP contribution in [0.3, 0.4) is 0 Å². The van der Waals surface area contributed by atoms with E-state index in [1.54, 1.807) is 48.4 Å². The van der Waals surface area contributed by atoms with E-state index in [2.05, 4.69) is 43.7 Å². The average Bonchev–Trinajstić information content (AvgIpc) is 2.77. The van der Waals surface area contributed by atoms with Crippen LogP contribution in [0.5, 0.6) is 0 Å². The first-order chi connectivity index (χ1) is 16.3. The van der Waals surface area contributed by atoms with Crippen molar-refractivity contribution >= 4 is 11.8 Å². The second-order valence-corrected chi connectivity index (χ2v) is 10.7. The summed E-state index contributed by atoms with van der Waals surface area (Å²) in [6.07, 6.45) is 9.84. The predicted octanol–water partition coefficient (Wildman–Crippen LogP) is 4.80. The molecule has 35 heavy (non-hydrogen) atoms. The molecule has 207 valence electrons. The van der Waals surface area contributed by atoms with E-state index in [0.717, 1.165) is 24.7 Å². The molecule has 0 aromatic carbocycles. The summed E-state index contributed by atoms with van der Waals surface area (Å²) in [6.45, 7) is 20.0. The van der Waals surface area contributed by atoms with Gasteiger partial charge in [0.2, 0.25) is 5.91 Å². The van der Waals surface area contributed by atoms with Gasteiger partial charge in [-0.3, -0.25) is 4.79 Å². The Morgan fingerprint density at radius 3 is 1.57 bits per heavy atom. The summed E-state index contributed by atoms with van der Waals surface area (Å²) < 4.78 is 2.53. The van der Waals surface area contributed by atoms with Crippen LogP contribution in [0.1, 0.15) is 133 Å². The Hall–Kier alpha value is -0.426. The third kappa shape index (κ3) is 21.4. The molecule has 2 amide bonds. The van der Waals surface area contributed by atoms with Crippen LogP contribution in [-0.4, -0.2) is 30.1 Å². The molecule has 1 aliphatic carbocycles. The normalized spacial score (nSPS) is 20.7. The molecule has 3 atom stereocenters. The van der Waals surface area contributed by atoms with Crippen LogP contribution in [0.15, 0.2) is 0 Å². The van der Waals surface area contributed by atoms with Crippen molar-refractivity contribution in [3.8, 4) is 0 Å². The van der Waals surface area contributed by atoms with Gasteiger partial charge in [0.1, 0.15) is 0 Å². The van der Waals surface area contributed by atoms with Gasteiger partial charge in [0.15, 0.2) is 0 Å². The molecule has 6 nitrogen and oxygen atoms in total. The minimum atomic E-state index is -0.417. The number of hydrogen-bond donors (Lipinski definition) is 2. The van der Waals surface area contributed by atoms with Gasteiger partial charge < -0.3 is 15.5 Å². The summed E-state index contributed by atoms with van der Waals surface area (Å²) in [4.78, 5) is 22.2. The number of rotatable bonds is 9. The molecule has 0 spiro atoms. The van der Waals surface area contributed by atoms with Crippen LogP contribution < -0.4 is 19.3 Å². The Balaban J connectivity index is -0.000000557. The third-order valence-corrected chi connectivity index (χ3v) is 6.90.